The average molecular weight is 388 g/mol. The summed E-state index contributed by atoms with van der Waals surface area (Å²) in [5.41, 5.74) is 1.93. The third kappa shape index (κ3) is 4.22. The number of likely N-dealkylation sites (N-methyl/N-ethyl adjacent to an activating group) is 1. The summed E-state index contributed by atoms with van der Waals surface area (Å²) in [5, 5.41) is 13.3. The molecule has 1 fully saturated rings. The number of hydrogen-bond donors (Lipinski definition) is 1. The number of carboxylic acid groups (broad SMARTS) is 1. The van der Waals surface area contributed by atoms with Gasteiger partial charge in [-0.2, -0.15) is 5.10 Å². The van der Waals surface area contributed by atoms with Crippen molar-refractivity contribution in [2.24, 2.45) is 0 Å². The quantitative estimate of drug-likeness (QED) is 0.822. The normalized spacial score (nSPS) is 15.2. The first-order valence-electron chi connectivity index (χ1n) is 9.46. The second-order valence-electron chi connectivity index (χ2n) is 7.01. The molecule has 0 saturated carbocycles. The minimum atomic E-state index is -0.829. The molecule has 0 radical (unpaired) electrons. The fourth-order valence-corrected chi connectivity index (χ4v) is 3.74. The molecule has 1 aliphatic rings. The Morgan fingerprint density at radius 3 is 2.46 bits per heavy atom. The van der Waals surface area contributed by atoms with Crippen LogP contribution in [0.2, 0.25) is 0 Å². The van der Waals surface area contributed by atoms with Crippen LogP contribution in [0, 0.1) is 12.7 Å². The Hall–Kier alpha value is -2.74. The second kappa shape index (κ2) is 8.52. The maximum atomic E-state index is 13.1. The van der Waals surface area contributed by atoms with E-state index in [4.69, 9.17) is 5.11 Å². The summed E-state index contributed by atoms with van der Waals surface area (Å²) in [7, 11) is 0. The lowest BCUT2D eigenvalue weighted by Crippen LogP contribution is -2.48. The SMILES string of the molecule is CCN(CC(=O)O)C1CCN(C(=O)c2cnn(-c3ccc(F)cc3)c2C)CC1. The number of benzene rings is 1. The Bertz CT molecular complexity index is 842. The summed E-state index contributed by atoms with van der Waals surface area (Å²) in [6.07, 6.45) is 3.05. The minimum Gasteiger partial charge on any atom is -0.480 e. The molecule has 1 aliphatic heterocycles. The number of carboxylic acids is 1. The predicted octanol–water partition coefficient (Wildman–Crippen LogP) is 2.33. The highest BCUT2D eigenvalue weighted by Crippen LogP contribution is 2.21. The van der Waals surface area contributed by atoms with Crippen molar-refractivity contribution < 1.29 is 19.1 Å². The van der Waals surface area contributed by atoms with E-state index in [-0.39, 0.29) is 24.3 Å². The molecule has 1 amide bonds. The molecule has 0 atom stereocenters. The number of aliphatic carboxylic acids is 1. The third-order valence-corrected chi connectivity index (χ3v) is 5.32. The van der Waals surface area contributed by atoms with Crippen molar-refractivity contribution in [2.75, 3.05) is 26.2 Å². The van der Waals surface area contributed by atoms with Gasteiger partial charge in [0.05, 0.1) is 29.7 Å². The van der Waals surface area contributed by atoms with Crippen molar-refractivity contribution in [3.8, 4) is 5.69 Å². The molecule has 8 heteroatoms. The summed E-state index contributed by atoms with van der Waals surface area (Å²) in [5.74, 6) is -1.23. The summed E-state index contributed by atoms with van der Waals surface area (Å²) in [4.78, 5) is 27.7. The van der Waals surface area contributed by atoms with Crippen LogP contribution in [0.5, 0.6) is 0 Å². The average Bonchev–Trinajstić information content (AvgIpc) is 3.07. The smallest absolute Gasteiger partial charge is 0.317 e. The lowest BCUT2D eigenvalue weighted by Gasteiger charge is -2.37. The van der Waals surface area contributed by atoms with E-state index < -0.39 is 5.97 Å². The first kappa shape index (κ1) is 20.0. The topological polar surface area (TPSA) is 78.7 Å². The monoisotopic (exact) mass is 388 g/mol. The van der Waals surface area contributed by atoms with Gasteiger partial charge < -0.3 is 10.0 Å². The number of piperidine rings is 1. The zero-order valence-corrected chi connectivity index (χ0v) is 16.1. The van der Waals surface area contributed by atoms with Crippen molar-refractivity contribution in [1.82, 2.24) is 19.6 Å². The number of rotatable bonds is 6. The highest BCUT2D eigenvalue weighted by Gasteiger charge is 2.29. The standard InChI is InChI=1S/C20H25FN4O3/c1-3-23(13-19(26)27)16-8-10-24(11-9-16)20(28)18-12-22-25(14(18)2)17-6-4-15(21)5-7-17/h4-7,12,16H,3,8-11,13H2,1-2H3,(H,26,27). The predicted molar refractivity (Wildman–Crippen MR) is 102 cm³/mol. The van der Waals surface area contributed by atoms with Crippen molar-refractivity contribution in [3.63, 3.8) is 0 Å². The maximum absolute atomic E-state index is 13.1. The van der Waals surface area contributed by atoms with E-state index in [2.05, 4.69) is 5.10 Å². The number of carbonyl (C=O) groups is 2. The molecule has 2 aromatic rings. The molecule has 7 nitrogen and oxygen atoms in total. The lowest BCUT2D eigenvalue weighted by molar-refractivity contribution is -0.139. The lowest BCUT2D eigenvalue weighted by atomic mass is 10.0. The van der Waals surface area contributed by atoms with Crippen LogP contribution >= 0.6 is 0 Å². The molecule has 1 saturated heterocycles. The third-order valence-electron chi connectivity index (χ3n) is 5.32. The highest BCUT2D eigenvalue weighted by molar-refractivity contribution is 5.95. The number of carbonyl (C=O) groups excluding carboxylic acids is 1. The zero-order chi connectivity index (χ0) is 20.3. The molecule has 1 N–H and O–H groups in total. The molecular formula is C20H25FN4O3. The van der Waals surface area contributed by atoms with Crippen molar-refractivity contribution in [1.29, 1.82) is 0 Å². The number of hydrogen-bond acceptors (Lipinski definition) is 4. The van der Waals surface area contributed by atoms with E-state index in [1.807, 2.05) is 18.7 Å². The van der Waals surface area contributed by atoms with Crippen LogP contribution in [-0.2, 0) is 4.79 Å². The number of halogens is 1. The van der Waals surface area contributed by atoms with Crippen molar-refractivity contribution in [2.45, 2.75) is 32.7 Å². The van der Waals surface area contributed by atoms with Crippen LogP contribution in [-0.4, -0.2) is 68.8 Å². The van der Waals surface area contributed by atoms with Gasteiger partial charge >= 0.3 is 5.97 Å². The van der Waals surface area contributed by atoms with E-state index in [1.54, 1.807) is 27.9 Å². The van der Waals surface area contributed by atoms with Crippen LogP contribution in [0.15, 0.2) is 30.5 Å². The first-order chi connectivity index (χ1) is 13.4. The van der Waals surface area contributed by atoms with Gasteiger partial charge in [0.25, 0.3) is 5.91 Å². The Labute approximate surface area is 163 Å². The number of likely N-dealkylation sites (tertiary alicyclic amines) is 1. The van der Waals surface area contributed by atoms with Crippen LogP contribution in [0.25, 0.3) is 5.69 Å². The minimum absolute atomic E-state index is 0.0265. The molecule has 150 valence electrons. The van der Waals surface area contributed by atoms with E-state index in [9.17, 15) is 14.0 Å². The fraction of sp³-hybridized carbons (Fsp3) is 0.450. The molecule has 28 heavy (non-hydrogen) atoms. The van der Waals surface area contributed by atoms with Gasteiger partial charge in [0, 0.05) is 19.1 Å². The van der Waals surface area contributed by atoms with E-state index in [0.29, 0.717) is 36.6 Å². The maximum Gasteiger partial charge on any atom is 0.317 e. The molecule has 2 heterocycles. The van der Waals surface area contributed by atoms with E-state index in [0.717, 1.165) is 12.8 Å². The van der Waals surface area contributed by atoms with Crippen LogP contribution < -0.4 is 0 Å². The molecular weight excluding hydrogens is 363 g/mol. The largest absolute Gasteiger partial charge is 0.480 e. The van der Waals surface area contributed by atoms with Gasteiger partial charge in [0.2, 0.25) is 0 Å². The second-order valence-corrected chi connectivity index (χ2v) is 7.01. The van der Waals surface area contributed by atoms with Gasteiger partial charge in [-0.1, -0.05) is 6.92 Å². The van der Waals surface area contributed by atoms with Gasteiger partial charge in [-0.15, -0.1) is 0 Å². The Morgan fingerprint density at radius 1 is 1.25 bits per heavy atom. The van der Waals surface area contributed by atoms with Gasteiger partial charge in [-0.05, 0) is 50.6 Å². The molecule has 0 aliphatic carbocycles. The summed E-state index contributed by atoms with van der Waals surface area (Å²) in [6, 6.07) is 6.14. The summed E-state index contributed by atoms with van der Waals surface area (Å²) < 4.78 is 14.8. The van der Waals surface area contributed by atoms with E-state index >= 15 is 0 Å². The molecule has 1 aromatic carbocycles. The van der Waals surface area contributed by atoms with Crippen LogP contribution in [0.3, 0.4) is 0 Å². The number of aromatic nitrogens is 2. The van der Waals surface area contributed by atoms with Gasteiger partial charge in [-0.3, -0.25) is 14.5 Å². The number of nitrogens with zero attached hydrogens (tertiary/aromatic N) is 4. The van der Waals surface area contributed by atoms with Gasteiger partial charge in [-0.25, -0.2) is 9.07 Å². The van der Waals surface area contributed by atoms with Crippen LogP contribution in [0.1, 0.15) is 35.8 Å². The molecule has 0 spiro atoms. The van der Waals surface area contributed by atoms with E-state index in [1.165, 1.54) is 12.1 Å². The summed E-state index contributed by atoms with van der Waals surface area (Å²) >= 11 is 0. The summed E-state index contributed by atoms with van der Waals surface area (Å²) in [6.45, 7) is 5.64. The molecule has 3 rings (SSSR count). The van der Waals surface area contributed by atoms with Gasteiger partial charge in [0.1, 0.15) is 5.82 Å². The Morgan fingerprint density at radius 2 is 1.89 bits per heavy atom. The Balaban J connectivity index is 1.67. The molecule has 0 unspecified atom stereocenters. The first-order valence-corrected chi connectivity index (χ1v) is 9.46. The highest BCUT2D eigenvalue weighted by atomic mass is 19.1. The number of amides is 1. The molecule has 0 bridgehead atoms. The Kier molecular flexibility index (Phi) is 6.08. The fourth-order valence-electron chi connectivity index (χ4n) is 3.74. The van der Waals surface area contributed by atoms with Gasteiger partial charge in [0.15, 0.2) is 0 Å². The van der Waals surface area contributed by atoms with Crippen LogP contribution in [0.4, 0.5) is 4.39 Å². The van der Waals surface area contributed by atoms with Crippen molar-refractivity contribution >= 4 is 11.9 Å². The molecule has 1 aromatic heterocycles. The van der Waals surface area contributed by atoms with Crippen molar-refractivity contribution in [3.05, 3.63) is 47.5 Å². The zero-order valence-electron chi connectivity index (χ0n) is 16.1.